The molecule has 0 spiro atoms. The second-order valence-corrected chi connectivity index (χ2v) is 10.4. The lowest BCUT2D eigenvalue weighted by Crippen LogP contribution is -2.18. The van der Waals surface area contributed by atoms with Crippen LogP contribution in [0, 0.1) is 0 Å². The van der Waals surface area contributed by atoms with Crippen LogP contribution < -0.4 is 15.3 Å². The van der Waals surface area contributed by atoms with Crippen molar-refractivity contribution in [3.8, 4) is 11.5 Å². The van der Waals surface area contributed by atoms with Crippen molar-refractivity contribution >= 4 is 24.0 Å². The number of nitrogens with zero attached hydrogens (tertiary/aromatic N) is 2. The first kappa shape index (κ1) is 22.5. The minimum absolute atomic E-state index is 0.0529. The Morgan fingerprint density at radius 1 is 0.848 bits per heavy atom. The predicted molar refractivity (Wildman–Crippen MR) is 134 cm³/mol. The fraction of sp³-hybridized carbons (Fsp3) is 0.111. The molecule has 0 saturated carbocycles. The fourth-order valence-electron chi connectivity index (χ4n) is 3.65. The second kappa shape index (κ2) is 10.3. The van der Waals surface area contributed by atoms with Gasteiger partial charge in [-0.05, 0) is 24.3 Å². The average Bonchev–Trinajstić information content (AvgIpc) is 2.86. The van der Waals surface area contributed by atoms with E-state index in [1.807, 2.05) is 78.9 Å². The molecule has 0 atom stereocenters. The van der Waals surface area contributed by atoms with Crippen LogP contribution in [0.1, 0.15) is 17.0 Å². The zero-order valence-corrected chi connectivity index (χ0v) is 19.2. The summed E-state index contributed by atoms with van der Waals surface area (Å²) in [5.74, 6) is 0.453. The predicted octanol–water partition coefficient (Wildman–Crippen LogP) is 4.93. The van der Waals surface area contributed by atoms with Crippen molar-refractivity contribution in [3.05, 3.63) is 114 Å². The Balaban J connectivity index is 1.57. The van der Waals surface area contributed by atoms with Crippen LogP contribution in [0.4, 0.5) is 0 Å². The molecule has 1 aromatic heterocycles. The summed E-state index contributed by atoms with van der Waals surface area (Å²) in [6.07, 6.45) is 1.93. The van der Waals surface area contributed by atoms with Crippen LogP contribution in [0.2, 0.25) is 0 Å². The number of para-hydroxylation sites is 1. The number of hydrogen-bond donors (Lipinski definition) is 1. The van der Waals surface area contributed by atoms with E-state index in [9.17, 15) is 9.67 Å². The summed E-state index contributed by atoms with van der Waals surface area (Å²) in [5.41, 5.74) is 2.09. The number of hydrogen-bond acceptors (Lipinski definition) is 5. The first-order chi connectivity index (χ1) is 16.1. The normalized spacial score (nSPS) is 11.5. The molecule has 4 rings (SSSR count). The Hall–Kier alpha value is -3.69. The highest BCUT2D eigenvalue weighted by Crippen LogP contribution is 2.46. The molecular weight excluding hydrogens is 431 g/mol. The number of aliphatic imine (C=N–C) groups is 1. The smallest absolute Gasteiger partial charge is 0.166 e. The third-order valence-electron chi connectivity index (χ3n) is 5.33. The van der Waals surface area contributed by atoms with Gasteiger partial charge in [-0.15, -0.1) is 0 Å². The highest BCUT2D eigenvalue weighted by Gasteiger charge is 2.28. The number of pyridine rings is 1. The van der Waals surface area contributed by atoms with Gasteiger partial charge in [0.25, 0.3) is 0 Å². The van der Waals surface area contributed by atoms with Crippen molar-refractivity contribution < 1.29 is 14.4 Å². The molecule has 33 heavy (non-hydrogen) atoms. The standard InChI is InChI=1S/C27H25N2O3P/c1-32-26-17-8-10-21(27(26)30)18-28-19-22-11-9-12-23(29-22)20-33(31,24-13-4-2-5-14-24)25-15-6-3-7-16-25/h2-18,30H,19-20H2,1H3. The summed E-state index contributed by atoms with van der Waals surface area (Å²) >= 11 is 0. The summed E-state index contributed by atoms with van der Waals surface area (Å²) in [6, 6.07) is 30.1. The molecular formula is C27H25N2O3P. The van der Waals surface area contributed by atoms with Gasteiger partial charge in [-0.3, -0.25) is 9.98 Å². The molecule has 5 nitrogen and oxygen atoms in total. The molecule has 0 unspecified atom stereocenters. The quantitative estimate of drug-likeness (QED) is 0.302. The van der Waals surface area contributed by atoms with E-state index in [-0.39, 0.29) is 5.75 Å². The van der Waals surface area contributed by atoms with Gasteiger partial charge in [0.15, 0.2) is 11.5 Å². The maximum atomic E-state index is 14.3. The highest BCUT2D eigenvalue weighted by atomic mass is 31.2. The number of rotatable bonds is 8. The van der Waals surface area contributed by atoms with Gasteiger partial charge in [-0.1, -0.05) is 72.8 Å². The first-order valence-corrected chi connectivity index (χ1v) is 12.5. The molecule has 0 aliphatic carbocycles. The molecule has 166 valence electrons. The molecule has 0 radical (unpaired) electrons. The second-order valence-electron chi connectivity index (χ2n) is 7.56. The maximum Gasteiger partial charge on any atom is 0.166 e. The van der Waals surface area contributed by atoms with E-state index in [1.54, 1.807) is 24.4 Å². The van der Waals surface area contributed by atoms with E-state index in [0.717, 1.165) is 22.0 Å². The number of benzene rings is 3. The fourth-order valence-corrected chi connectivity index (χ4v) is 6.25. The van der Waals surface area contributed by atoms with Crippen LogP contribution in [0.25, 0.3) is 0 Å². The minimum atomic E-state index is -2.90. The van der Waals surface area contributed by atoms with Crippen molar-refractivity contribution in [2.24, 2.45) is 4.99 Å². The Morgan fingerprint density at radius 2 is 1.45 bits per heavy atom. The molecule has 3 aromatic carbocycles. The molecule has 1 N–H and O–H groups in total. The Morgan fingerprint density at radius 3 is 2.09 bits per heavy atom. The number of phenols is 1. The Labute approximate surface area is 193 Å². The lowest BCUT2D eigenvalue weighted by atomic mass is 10.2. The van der Waals surface area contributed by atoms with Crippen LogP contribution in [0.5, 0.6) is 11.5 Å². The number of aromatic nitrogens is 1. The minimum Gasteiger partial charge on any atom is -0.504 e. The molecule has 0 saturated heterocycles. The van der Waals surface area contributed by atoms with Crippen molar-refractivity contribution in [3.63, 3.8) is 0 Å². The van der Waals surface area contributed by atoms with Crippen molar-refractivity contribution in [1.29, 1.82) is 0 Å². The third kappa shape index (κ3) is 5.21. The molecule has 0 amide bonds. The zero-order valence-electron chi connectivity index (χ0n) is 18.3. The zero-order chi connectivity index (χ0) is 23.1. The van der Waals surface area contributed by atoms with Crippen LogP contribution in [0.15, 0.2) is 102 Å². The Bertz CT molecular complexity index is 1250. The number of aromatic hydroxyl groups is 1. The maximum absolute atomic E-state index is 14.3. The van der Waals surface area contributed by atoms with Crippen LogP contribution >= 0.6 is 7.14 Å². The van der Waals surface area contributed by atoms with E-state index in [4.69, 9.17) is 9.72 Å². The first-order valence-electron chi connectivity index (χ1n) is 10.6. The lowest BCUT2D eigenvalue weighted by molar-refractivity contribution is 0.373. The van der Waals surface area contributed by atoms with Crippen LogP contribution in [-0.4, -0.2) is 23.4 Å². The van der Waals surface area contributed by atoms with Gasteiger partial charge >= 0.3 is 0 Å². The van der Waals surface area contributed by atoms with E-state index in [0.29, 0.717) is 24.0 Å². The van der Waals surface area contributed by atoms with E-state index in [1.165, 1.54) is 7.11 Å². The van der Waals surface area contributed by atoms with Gasteiger partial charge in [0.2, 0.25) is 0 Å². The summed E-state index contributed by atoms with van der Waals surface area (Å²) < 4.78 is 19.4. The molecule has 0 fully saturated rings. The highest BCUT2D eigenvalue weighted by molar-refractivity contribution is 7.78. The van der Waals surface area contributed by atoms with E-state index >= 15 is 0 Å². The van der Waals surface area contributed by atoms with Gasteiger partial charge in [0.1, 0.15) is 7.14 Å². The lowest BCUT2D eigenvalue weighted by Gasteiger charge is -2.19. The molecule has 4 aromatic rings. The van der Waals surface area contributed by atoms with Crippen molar-refractivity contribution in [2.45, 2.75) is 12.7 Å². The molecule has 0 aliphatic rings. The summed E-state index contributed by atoms with van der Waals surface area (Å²) in [5, 5.41) is 11.8. The summed E-state index contributed by atoms with van der Waals surface area (Å²) in [4.78, 5) is 9.15. The molecule has 1 heterocycles. The van der Waals surface area contributed by atoms with Crippen LogP contribution in [-0.2, 0) is 17.3 Å². The van der Waals surface area contributed by atoms with Gasteiger partial charge < -0.3 is 14.4 Å². The van der Waals surface area contributed by atoms with Gasteiger partial charge in [0.05, 0.1) is 25.5 Å². The SMILES string of the molecule is COc1cccc(C=NCc2cccc(CP(=O)(c3ccccc3)c3ccccc3)n2)c1O. The van der Waals surface area contributed by atoms with E-state index in [2.05, 4.69) is 4.99 Å². The number of ether oxygens (including phenoxy) is 1. The van der Waals surface area contributed by atoms with Gasteiger partial charge in [-0.25, -0.2) is 0 Å². The Kier molecular flexibility index (Phi) is 7.01. The monoisotopic (exact) mass is 456 g/mol. The topological polar surface area (TPSA) is 71.8 Å². The summed E-state index contributed by atoms with van der Waals surface area (Å²) in [7, 11) is -1.39. The van der Waals surface area contributed by atoms with Crippen molar-refractivity contribution in [2.75, 3.05) is 7.11 Å². The van der Waals surface area contributed by atoms with Gasteiger partial charge in [0, 0.05) is 28.1 Å². The van der Waals surface area contributed by atoms with E-state index < -0.39 is 7.14 Å². The largest absolute Gasteiger partial charge is 0.504 e. The molecule has 6 heteroatoms. The molecule has 0 aliphatic heterocycles. The third-order valence-corrected chi connectivity index (χ3v) is 8.36. The van der Waals surface area contributed by atoms with Crippen LogP contribution in [0.3, 0.4) is 0 Å². The summed E-state index contributed by atoms with van der Waals surface area (Å²) in [6.45, 7) is 0.339. The average molecular weight is 456 g/mol. The number of methoxy groups -OCH3 is 1. The van der Waals surface area contributed by atoms with Crippen molar-refractivity contribution in [1.82, 2.24) is 4.98 Å². The van der Waals surface area contributed by atoms with Gasteiger partial charge in [-0.2, -0.15) is 0 Å². The molecule has 0 bridgehead atoms. The number of phenolic OH excluding ortho intramolecular Hbond substituents is 1.